The van der Waals surface area contributed by atoms with E-state index in [4.69, 9.17) is 5.73 Å². The van der Waals surface area contributed by atoms with Gasteiger partial charge in [-0.05, 0) is 28.1 Å². The Bertz CT molecular complexity index is 161. The molecule has 0 aliphatic carbocycles. The van der Waals surface area contributed by atoms with Crippen LogP contribution in [-0.2, 0) is 9.53 Å². The standard InChI is InChI=1S/C6H11NO2.C3H9N.2ClH/c1-5(2)6(8)9-4-3-7;1-4(2)3;;/h1,3-4,7H2,2H3;1-3H3;2*1H. The molecule has 0 heterocycles. The number of ether oxygens (including phenoxy) is 1. The SMILES string of the molecule is C=C(C)C(=O)OCCN.CN(C)C.Cl.Cl. The van der Waals surface area contributed by atoms with E-state index >= 15 is 0 Å². The molecule has 0 aliphatic rings. The van der Waals surface area contributed by atoms with Gasteiger partial charge in [0.2, 0.25) is 0 Å². The molecule has 6 heteroatoms. The Morgan fingerprint density at radius 3 is 1.87 bits per heavy atom. The van der Waals surface area contributed by atoms with Crippen LogP contribution in [0, 0.1) is 0 Å². The molecule has 0 radical (unpaired) electrons. The van der Waals surface area contributed by atoms with Crippen molar-refractivity contribution in [1.29, 1.82) is 0 Å². The highest BCUT2D eigenvalue weighted by Crippen LogP contribution is 1.89. The molecule has 0 aromatic carbocycles. The lowest BCUT2D eigenvalue weighted by Crippen LogP contribution is -2.13. The first-order valence-electron chi connectivity index (χ1n) is 4.05. The fourth-order valence-electron chi connectivity index (χ4n) is 0.275. The van der Waals surface area contributed by atoms with Gasteiger partial charge >= 0.3 is 5.97 Å². The van der Waals surface area contributed by atoms with Crippen molar-refractivity contribution in [2.24, 2.45) is 5.73 Å². The second-order valence-corrected chi connectivity index (χ2v) is 3.05. The first-order valence-corrected chi connectivity index (χ1v) is 4.05. The number of rotatable bonds is 3. The van der Waals surface area contributed by atoms with Crippen molar-refractivity contribution in [3.8, 4) is 0 Å². The third kappa shape index (κ3) is 31.6. The summed E-state index contributed by atoms with van der Waals surface area (Å²) >= 11 is 0. The van der Waals surface area contributed by atoms with E-state index in [0.29, 0.717) is 12.1 Å². The molecule has 0 saturated carbocycles. The van der Waals surface area contributed by atoms with Crippen molar-refractivity contribution < 1.29 is 9.53 Å². The Morgan fingerprint density at radius 1 is 1.33 bits per heavy atom. The summed E-state index contributed by atoms with van der Waals surface area (Å²) in [6, 6.07) is 0. The zero-order valence-corrected chi connectivity index (χ0v) is 11.4. The molecule has 0 aliphatic heterocycles. The summed E-state index contributed by atoms with van der Waals surface area (Å²) in [5.41, 5.74) is 5.48. The molecule has 0 aromatic rings. The summed E-state index contributed by atoms with van der Waals surface area (Å²) in [4.78, 5) is 12.5. The first-order chi connectivity index (χ1) is 5.91. The van der Waals surface area contributed by atoms with Crippen LogP contribution < -0.4 is 5.73 Å². The minimum atomic E-state index is -0.375. The van der Waals surface area contributed by atoms with Gasteiger partial charge in [-0.2, -0.15) is 0 Å². The molecule has 15 heavy (non-hydrogen) atoms. The second-order valence-electron chi connectivity index (χ2n) is 3.05. The summed E-state index contributed by atoms with van der Waals surface area (Å²) in [6.07, 6.45) is 0. The average Bonchev–Trinajstić information content (AvgIpc) is 1.98. The van der Waals surface area contributed by atoms with E-state index in [2.05, 4.69) is 11.3 Å². The van der Waals surface area contributed by atoms with Gasteiger partial charge in [-0.3, -0.25) is 0 Å². The molecule has 0 amide bonds. The van der Waals surface area contributed by atoms with E-state index < -0.39 is 0 Å². The molecule has 0 unspecified atom stereocenters. The fourth-order valence-corrected chi connectivity index (χ4v) is 0.275. The molecule has 0 spiro atoms. The van der Waals surface area contributed by atoms with Crippen molar-refractivity contribution in [2.75, 3.05) is 34.3 Å². The van der Waals surface area contributed by atoms with Gasteiger partial charge in [0.25, 0.3) is 0 Å². The highest BCUT2D eigenvalue weighted by Gasteiger charge is 1.99. The zero-order chi connectivity index (χ0) is 10.9. The molecular formula is C9H22Cl2N2O2. The number of hydrogen-bond donors (Lipinski definition) is 1. The lowest BCUT2D eigenvalue weighted by Gasteiger charge is -1.99. The van der Waals surface area contributed by atoms with E-state index in [1.807, 2.05) is 26.0 Å². The molecule has 0 bridgehead atoms. The minimum Gasteiger partial charge on any atom is -0.461 e. The smallest absolute Gasteiger partial charge is 0.333 e. The van der Waals surface area contributed by atoms with Gasteiger partial charge in [-0.25, -0.2) is 4.79 Å². The number of hydrogen-bond acceptors (Lipinski definition) is 4. The molecular weight excluding hydrogens is 239 g/mol. The van der Waals surface area contributed by atoms with Crippen LogP contribution in [0.4, 0.5) is 0 Å². The van der Waals surface area contributed by atoms with Crippen molar-refractivity contribution >= 4 is 30.8 Å². The Morgan fingerprint density at radius 2 is 1.67 bits per heavy atom. The van der Waals surface area contributed by atoms with Crippen LogP contribution in [0.15, 0.2) is 12.2 Å². The van der Waals surface area contributed by atoms with Gasteiger partial charge in [-0.1, -0.05) is 6.58 Å². The Balaban J connectivity index is -0.0000000883. The summed E-state index contributed by atoms with van der Waals surface area (Å²) in [5.74, 6) is -0.375. The maximum Gasteiger partial charge on any atom is 0.333 e. The predicted octanol–water partition coefficient (Wildman–Crippen LogP) is 1.09. The van der Waals surface area contributed by atoms with Crippen LogP contribution >= 0.6 is 24.8 Å². The van der Waals surface area contributed by atoms with Crippen molar-refractivity contribution in [3.05, 3.63) is 12.2 Å². The number of nitrogens with zero attached hydrogens (tertiary/aromatic N) is 1. The van der Waals surface area contributed by atoms with E-state index in [1.54, 1.807) is 6.92 Å². The summed E-state index contributed by atoms with van der Waals surface area (Å²) < 4.78 is 4.59. The Kier molecular flexibility index (Phi) is 26.0. The van der Waals surface area contributed by atoms with Gasteiger partial charge in [-0.15, -0.1) is 24.8 Å². The average molecular weight is 261 g/mol. The Labute approximate surface area is 105 Å². The number of halogens is 2. The van der Waals surface area contributed by atoms with Gasteiger partial charge in [0.05, 0.1) is 0 Å². The quantitative estimate of drug-likeness (QED) is 0.610. The van der Waals surface area contributed by atoms with E-state index in [9.17, 15) is 4.79 Å². The van der Waals surface area contributed by atoms with E-state index in [1.165, 1.54) is 0 Å². The molecule has 0 aromatic heterocycles. The van der Waals surface area contributed by atoms with Gasteiger partial charge in [0.1, 0.15) is 6.61 Å². The number of carbonyl (C=O) groups excluding carboxylic acids is 1. The third-order valence-corrected chi connectivity index (χ3v) is 0.699. The largest absolute Gasteiger partial charge is 0.461 e. The van der Waals surface area contributed by atoms with Crippen molar-refractivity contribution in [1.82, 2.24) is 4.90 Å². The molecule has 0 rings (SSSR count). The zero-order valence-electron chi connectivity index (χ0n) is 9.78. The van der Waals surface area contributed by atoms with Gasteiger partial charge < -0.3 is 15.4 Å². The van der Waals surface area contributed by atoms with Crippen LogP contribution in [0.2, 0.25) is 0 Å². The highest BCUT2D eigenvalue weighted by atomic mass is 35.5. The van der Waals surface area contributed by atoms with Crippen LogP contribution in [0.3, 0.4) is 0 Å². The molecule has 0 saturated heterocycles. The minimum absolute atomic E-state index is 0. The normalized spacial score (nSPS) is 7.60. The van der Waals surface area contributed by atoms with Crippen LogP contribution in [0.1, 0.15) is 6.92 Å². The molecule has 0 atom stereocenters. The predicted molar refractivity (Wildman–Crippen MR) is 68.9 cm³/mol. The van der Waals surface area contributed by atoms with Crippen LogP contribution in [0.25, 0.3) is 0 Å². The Hall–Kier alpha value is -0.290. The third-order valence-electron chi connectivity index (χ3n) is 0.699. The van der Waals surface area contributed by atoms with Crippen molar-refractivity contribution in [2.45, 2.75) is 6.92 Å². The molecule has 4 nitrogen and oxygen atoms in total. The van der Waals surface area contributed by atoms with Gasteiger partial charge in [0, 0.05) is 12.1 Å². The molecule has 0 fully saturated rings. The monoisotopic (exact) mass is 260 g/mol. The number of nitrogens with two attached hydrogens (primary N) is 1. The van der Waals surface area contributed by atoms with Gasteiger partial charge in [0.15, 0.2) is 0 Å². The molecule has 94 valence electrons. The summed E-state index contributed by atoms with van der Waals surface area (Å²) in [5, 5.41) is 0. The number of esters is 1. The lowest BCUT2D eigenvalue weighted by molar-refractivity contribution is -0.138. The summed E-state index contributed by atoms with van der Waals surface area (Å²) in [7, 11) is 6.00. The fraction of sp³-hybridized carbons (Fsp3) is 0.667. The first kappa shape index (κ1) is 24.1. The highest BCUT2D eigenvalue weighted by molar-refractivity contribution is 5.86. The summed E-state index contributed by atoms with van der Waals surface area (Å²) in [6.45, 7) is 5.62. The maximum atomic E-state index is 10.5. The topological polar surface area (TPSA) is 55.6 Å². The van der Waals surface area contributed by atoms with Crippen LogP contribution in [0.5, 0.6) is 0 Å². The number of carbonyl (C=O) groups is 1. The molecule has 2 N–H and O–H groups in total. The maximum absolute atomic E-state index is 10.5. The van der Waals surface area contributed by atoms with E-state index in [0.717, 1.165) is 0 Å². The van der Waals surface area contributed by atoms with Crippen molar-refractivity contribution in [3.63, 3.8) is 0 Å². The van der Waals surface area contributed by atoms with Crippen LogP contribution in [-0.4, -0.2) is 45.2 Å². The van der Waals surface area contributed by atoms with E-state index in [-0.39, 0.29) is 37.4 Å². The second kappa shape index (κ2) is 16.2. The lowest BCUT2D eigenvalue weighted by atomic mass is 10.4.